The number of carbonyl (C=O) groups excluding carboxylic acids is 2. The van der Waals surface area contributed by atoms with Crippen LogP contribution in [0.4, 0.5) is 0 Å². The van der Waals surface area contributed by atoms with Crippen LogP contribution in [0, 0.1) is 11.8 Å². The van der Waals surface area contributed by atoms with E-state index in [1.807, 2.05) is 13.0 Å². The van der Waals surface area contributed by atoms with Gasteiger partial charge in [-0.05, 0) is 29.5 Å². The Morgan fingerprint density at radius 2 is 1.50 bits per heavy atom. The number of hydrogen-bond acceptors (Lipinski definition) is 5. The predicted molar refractivity (Wildman–Crippen MR) is 144 cm³/mol. The third-order valence-corrected chi connectivity index (χ3v) is 6.75. The molecule has 202 valence electrons. The maximum absolute atomic E-state index is 13.7. The van der Waals surface area contributed by atoms with Gasteiger partial charge in [-0.3, -0.25) is 14.4 Å². The molecule has 2 amide bonds. The first-order valence-corrected chi connectivity index (χ1v) is 12.7. The molecule has 0 saturated heterocycles. The highest BCUT2D eigenvalue weighted by Crippen LogP contribution is 2.16. The first-order valence-electron chi connectivity index (χ1n) is 12.7. The van der Waals surface area contributed by atoms with Gasteiger partial charge < -0.3 is 20.7 Å². The molecule has 4 atom stereocenters. The average molecular weight is 523 g/mol. The summed E-state index contributed by atoms with van der Waals surface area (Å²) in [6.45, 7) is 6.97. The van der Waals surface area contributed by atoms with Crippen molar-refractivity contribution < 1.29 is 19.5 Å². The van der Waals surface area contributed by atoms with Gasteiger partial charge in [0.15, 0.2) is 0 Å². The Kier molecular flexibility index (Phi) is 9.22. The minimum atomic E-state index is -1.27. The summed E-state index contributed by atoms with van der Waals surface area (Å²) >= 11 is 0. The summed E-state index contributed by atoms with van der Waals surface area (Å²) in [4.78, 5) is 67.7. The predicted octanol–water partition coefficient (Wildman–Crippen LogP) is 2.23. The van der Waals surface area contributed by atoms with Crippen LogP contribution in [0.15, 0.2) is 64.2 Å². The minimum absolute atomic E-state index is 0.0189. The Labute approximate surface area is 220 Å². The van der Waals surface area contributed by atoms with Gasteiger partial charge in [0.1, 0.15) is 18.1 Å². The number of benzene rings is 2. The second-order valence-corrected chi connectivity index (χ2v) is 9.80. The fourth-order valence-corrected chi connectivity index (χ4v) is 4.31. The number of carbonyl (C=O) groups is 3. The van der Waals surface area contributed by atoms with Gasteiger partial charge in [0.05, 0.1) is 10.9 Å². The van der Waals surface area contributed by atoms with Crippen LogP contribution in [0.5, 0.6) is 0 Å². The summed E-state index contributed by atoms with van der Waals surface area (Å²) in [7, 11) is 0. The van der Waals surface area contributed by atoms with Gasteiger partial charge in [-0.2, -0.15) is 0 Å². The van der Waals surface area contributed by atoms with E-state index in [2.05, 4.69) is 15.6 Å². The lowest BCUT2D eigenvalue weighted by Crippen LogP contribution is -2.57. The molecule has 0 fully saturated rings. The van der Waals surface area contributed by atoms with Crippen LogP contribution in [0.1, 0.15) is 45.7 Å². The van der Waals surface area contributed by atoms with Crippen molar-refractivity contribution in [3.63, 3.8) is 0 Å². The zero-order valence-corrected chi connectivity index (χ0v) is 21.9. The van der Waals surface area contributed by atoms with Gasteiger partial charge in [-0.15, -0.1) is 0 Å². The normalized spacial score (nSPS) is 14.4. The van der Waals surface area contributed by atoms with E-state index in [-0.39, 0.29) is 17.7 Å². The van der Waals surface area contributed by atoms with Gasteiger partial charge in [-0.1, -0.05) is 76.6 Å². The molecule has 0 aliphatic heterocycles. The fourth-order valence-electron chi connectivity index (χ4n) is 4.31. The number of carboxylic acid groups (broad SMARTS) is 1. The molecule has 0 unspecified atom stereocenters. The molecular formula is C28H34N4O6. The summed E-state index contributed by atoms with van der Waals surface area (Å²) in [6, 6.07) is 11.9. The van der Waals surface area contributed by atoms with Crippen LogP contribution in [0.25, 0.3) is 10.9 Å². The van der Waals surface area contributed by atoms with Crippen LogP contribution in [-0.2, 0) is 20.8 Å². The second kappa shape index (κ2) is 12.4. The summed E-state index contributed by atoms with van der Waals surface area (Å²) in [5.74, 6) is -3.27. The molecule has 2 aromatic carbocycles. The van der Waals surface area contributed by atoms with E-state index in [1.54, 1.807) is 69.3 Å². The van der Waals surface area contributed by atoms with Crippen molar-refractivity contribution >= 4 is 28.7 Å². The van der Waals surface area contributed by atoms with Crippen LogP contribution < -0.4 is 21.9 Å². The monoisotopic (exact) mass is 522 g/mol. The first-order chi connectivity index (χ1) is 18.0. The molecule has 0 bridgehead atoms. The van der Waals surface area contributed by atoms with Gasteiger partial charge in [0.25, 0.3) is 5.56 Å². The zero-order valence-electron chi connectivity index (χ0n) is 21.9. The molecule has 0 aliphatic rings. The number of carboxylic acids is 1. The van der Waals surface area contributed by atoms with E-state index >= 15 is 0 Å². The molecule has 4 N–H and O–H groups in total. The van der Waals surface area contributed by atoms with Crippen LogP contribution in [0.2, 0.25) is 0 Å². The molecule has 3 aromatic rings. The second-order valence-electron chi connectivity index (χ2n) is 9.80. The van der Waals surface area contributed by atoms with Gasteiger partial charge in [0, 0.05) is 6.42 Å². The Hall–Kier alpha value is -4.21. The van der Waals surface area contributed by atoms with Crippen molar-refractivity contribution in [2.75, 3.05) is 0 Å². The smallest absolute Gasteiger partial charge is 0.329 e. The third-order valence-electron chi connectivity index (χ3n) is 6.75. The lowest BCUT2D eigenvalue weighted by atomic mass is 9.97. The standard InChI is InChI=1S/C28H34N4O6/c1-5-17(4)23(27(36)37)31-25(34)22(16(2)3)30-24(33)21(15-18-11-7-6-8-12-18)32-26(35)19-13-9-10-14-20(19)29-28(32)38/h6-14,16-17,21-23H,5,15H2,1-4H3,(H,29,38)(H,30,33)(H,31,34)(H,36,37)/t17-,21-,22-,23-/m0/s1. The molecule has 0 aliphatic carbocycles. The van der Waals surface area contributed by atoms with Crippen molar-refractivity contribution in [2.45, 2.75) is 58.7 Å². The molecule has 1 heterocycles. The summed E-state index contributed by atoms with van der Waals surface area (Å²) in [6.07, 6.45) is 0.549. The first kappa shape index (κ1) is 28.4. The minimum Gasteiger partial charge on any atom is -0.480 e. The number of aromatic amines is 1. The summed E-state index contributed by atoms with van der Waals surface area (Å²) in [5, 5.41) is 15.1. The largest absolute Gasteiger partial charge is 0.480 e. The van der Waals surface area contributed by atoms with E-state index in [1.165, 1.54) is 0 Å². The molecule has 0 saturated carbocycles. The summed E-state index contributed by atoms with van der Waals surface area (Å²) in [5.41, 5.74) is -0.325. The number of rotatable bonds is 11. The number of nitrogens with one attached hydrogen (secondary N) is 3. The fraction of sp³-hybridized carbons (Fsp3) is 0.393. The molecule has 3 rings (SSSR count). The number of aliphatic carboxylic acids is 1. The van der Waals surface area contributed by atoms with Crippen molar-refractivity contribution in [1.29, 1.82) is 0 Å². The maximum Gasteiger partial charge on any atom is 0.329 e. The molecule has 0 radical (unpaired) electrons. The lowest BCUT2D eigenvalue weighted by Gasteiger charge is -2.28. The third kappa shape index (κ3) is 6.37. The van der Waals surface area contributed by atoms with Crippen molar-refractivity contribution in [1.82, 2.24) is 20.2 Å². The Morgan fingerprint density at radius 3 is 2.11 bits per heavy atom. The topological polar surface area (TPSA) is 150 Å². The highest BCUT2D eigenvalue weighted by Gasteiger charge is 2.34. The highest BCUT2D eigenvalue weighted by molar-refractivity contribution is 5.92. The number of fused-ring (bicyclic) bond motifs is 1. The quantitative estimate of drug-likeness (QED) is 0.303. The number of amides is 2. The number of nitrogens with zero attached hydrogens (tertiary/aromatic N) is 1. The van der Waals surface area contributed by atoms with Crippen molar-refractivity contribution in [3.05, 3.63) is 81.0 Å². The lowest BCUT2D eigenvalue weighted by molar-refractivity contribution is -0.144. The molecule has 38 heavy (non-hydrogen) atoms. The number of para-hydroxylation sites is 1. The van der Waals surface area contributed by atoms with E-state index in [9.17, 15) is 29.1 Å². The van der Waals surface area contributed by atoms with E-state index in [4.69, 9.17) is 0 Å². The van der Waals surface area contributed by atoms with E-state index < -0.39 is 53.1 Å². The number of H-pyrrole nitrogens is 1. The highest BCUT2D eigenvalue weighted by atomic mass is 16.4. The van der Waals surface area contributed by atoms with Gasteiger partial charge in [-0.25, -0.2) is 14.2 Å². The van der Waals surface area contributed by atoms with E-state index in [0.29, 0.717) is 17.5 Å². The molecule has 10 heteroatoms. The average Bonchev–Trinajstić information content (AvgIpc) is 2.89. The van der Waals surface area contributed by atoms with Gasteiger partial charge in [0.2, 0.25) is 11.8 Å². The van der Waals surface area contributed by atoms with Crippen molar-refractivity contribution in [2.24, 2.45) is 11.8 Å². The SMILES string of the molecule is CC[C@H](C)[C@H](NC(=O)[C@@H](NC(=O)[C@H](Cc1ccccc1)n1c(=O)[nH]c2ccccc2c1=O)C(C)C)C(=O)O. The Morgan fingerprint density at radius 1 is 0.895 bits per heavy atom. The molecular weight excluding hydrogens is 488 g/mol. The van der Waals surface area contributed by atoms with Crippen LogP contribution >= 0.6 is 0 Å². The summed E-state index contributed by atoms with van der Waals surface area (Å²) < 4.78 is 0.874. The van der Waals surface area contributed by atoms with E-state index in [0.717, 1.165) is 4.57 Å². The van der Waals surface area contributed by atoms with Crippen LogP contribution in [0.3, 0.4) is 0 Å². The Balaban J connectivity index is 2.01. The molecule has 0 spiro atoms. The number of hydrogen-bond donors (Lipinski definition) is 4. The molecule has 10 nitrogen and oxygen atoms in total. The van der Waals surface area contributed by atoms with Crippen LogP contribution in [-0.4, -0.2) is 44.5 Å². The Bertz CT molecular complexity index is 1410. The van der Waals surface area contributed by atoms with Gasteiger partial charge >= 0.3 is 11.7 Å². The van der Waals surface area contributed by atoms with Crippen molar-refractivity contribution in [3.8, 4) is 0 Å². The number of aromatic nitrogens is 2. The molecule has 1 aromatic heterocycles. The zero-order chi connectivity index (χ0) is 28.0. The maximum atomic E-state index is 13.7.